The number of aryl methyl sites for hydroxylation is 2. The molecular formula is C14H19ClN4. The van der Waals surface area contributed by atoms with Gasteiger partial charge in [-0.25, -0.2) is 0 Å². The summed E-state index contributed by atoms with van der Waals surface area (Å²) in [4.78, 5) is 0. The molecule has 0 saturated carbocycles. The lowest BCUT2D eigenvalue weighted by atomic mass is 10.1. The Hall–Kier alpha value is -1.68. The zero-order valence-corrected chi connectivity index (χ0v) is 12.4. The predicted octanol–water partition coefficient (Wildman–Crippen LogP) is 3.83. The fourth-order valence-corrected chi connectivity index (χ4v) is 2.16. The predicted molar refractivity (Wildman–Crippen MR) is 81.2 cm³/mol. The Morgan fingerprint density at radius 3 is 2.63 bits per heavy atom. The minimum absolute atomic E-state index is 0.287. The minimum Gasteiger partial charge on any atom is -0.394 e. The van der Waals surface area contributed by atoms with Crippen LogP contribution in [0.1, 0.15) is 31.0 Å². The van der Waals surface area contributed by atoms with Crippen LogP contribution in [-0.2, 0) is 7.05 Å². The fourth-order valence-electron chi connectivity index (χ4n) is 2.00. The van der Waals surface area contributed by atoms with Gasteiger partial charge in [-0.2, -0.15) is 5.10 Å². The zero-order valence-electron chi connectivity index (χ0n) is 11.7. The summed E-state index contributed by atoms with van der Waals surface area (Å²) in [6.45, 7) is 6.16. The second-order valence-corrected chi connectivity index (χ2v) is 5.44. The van der Waals surface area contributed by atoms with E-state index in [0.29, 0.717) is 10.7 Å². The van der Waals surface area contributed by atoms with Gasteiger partial charge in [0.15, 0.2) is 5.82 Å². The number of aromatic nitrogens is 2. The average Bonchev–Trinajstić information content (AvgIpc) is 2.62. The van der Waals surface area contributed by atoms with Crippen LogP contribution in [0, 0.1) is 6.92 Å². The van der Waals surface area contributed by atoms with Crippen molar-refractivity contribution in [2.75, 3.05) is 11.1 Å². The molecule has 0 saturated heterocycles. The molecule has 3 N–H and O–H groups in total. The molecule has 4 nitrogen and oxygen atoms in total. The molecule has 0 spiro atoms. The Morgan fingerprint density at radius 2 is 2.05 bits per heavy atom. The molecule has 1 aromatic carbocycles. The number of nitrogens with zero attached hydrogens (tertiary/aromatic N) is 2. The molecule has 1 heterocycles. The van der Waals surface area contributed by atoms with Crippen molar-refractivity contribution >= 4 is 28.8 Å². The van der Waals surface area contributed by atoms with E-state index in [-0.39, 0.29) is 5.92 Å². The van der Waals surface area contributed by atoms with Crippen LogP contribution in [0.2, 0.25) is 5.02 Å². The van der Waals surface area contributed by atoms with Gasteiger partial charge in [-0.15, -0.1) is 0 Å². The maximum atomic E-state index is 6.19. The summed E-state index contributed by atoms with van der Waals surface area (Å²) < 4.78 is 1.75. The topological polar surface area (TPSA) is 55.9 Å². The number of nitrogens with two attached hydrogens (primary N) is 1. The van der Waals surface area contributed by atoms with Crippen LogP contribution in [0.15, 0.2) is 18.2 Å². The summed E-state index contributed by atoms with van der Waals surface area (Å²) in [5.74, 6) is 1.06. The SMILES string of the molecule is Cc1ccc(Cl)c(Nc2c(N)c(C(C)C)nn2C)c1. The lowest BCUT2D eigenvalue weighted by Crippen LogP contribution is -2.02. The molecule has 0 aliphatic heterocycles. The Balaban J connectivity index is 2.41. The molecule has 0 atom stereocenters. The van der Waals surface area contributed by atoms with Gasteiger partial charge in [-0.05, 0) is 30.5 Å². The number of rotatable bonds is 3. The van der Waals surface area contributed by atoms with Gasteiger partial charge in [0.1, 0.15) is 0 Å². The molecular weight excluding hydrogens is 260 g/mol. The Labute approximate surface area is 118 Å². The van der Waals surface area contributed by atoms with Crippen LogP contribution >= 0.6 is 11.6 Å². The van der Waals surface area contributed by atoms with Crippen molar-refractivity contribution in [3.05, 3.63) is 34.5 Å². The summed E-state index contributed by atoms with van der Waals surface area (Å²) in [6, 6.07) is 5.83. The van der Waals surface area contributed by atoms with Crippen LogP contribution in [0.3, 0.4) is 0 Å². The Kier molecular flexibility index (Phi) is 3.71. The third kappa shape index (κ3) is 2.68. The van der Waals surface area contributed by atoms with Gasteiger partial charge in [0, 0.05) is 7.05 Å². The second kappa shape index (κ2) is 5.13. The first kappa shape index (κ1) is 13.7. The van der Waals surface area contributed by atoms with Gasteiger partial charge in [-0.3, -0.25) is 4.68 Å². The van der Waals surface area contributed by atoms with Gasteiger partial charge < -0.3 is 11.1 Å². The van der Waals surface area contributed by atoms with E-state index in [1.807, 2.05) is 32.2 Å². The summed E-state index contributed by atoms with van der Waals surface area (Å²) in [5, 5.41) is 8.38. The van der Waals surface area contributed by atoms with Crippen molar-refractivity contribution in [1.29, 1.82) is 0 Å². The van der Waals surface area contributed by atoms with E-state index in [0.717, 1.165) is 22.8 Å². The molecule has 0 radical (unpaired) electrons. The van der Waals surface area contributed by atoms with E-state index in [2.05, 4.69) is 24.3 Å². The Bertz CT molecular complexity index is 602. The highest BCUT2D eigenvalue weighted by Crippen LogP contribution is 2.32. The third-order valence-electron chi connectivity index (χ3n) is 3.03. The quantitative estimate of drug-likeness (QED) is 0.897. The van der Waals surface area contributed by atoms with Crippen molar-refractivity contribution in [3.8, 4) is 0 Å². The van der Waals surface area contributed by atoms with Gasteiger partial charge in [0.05, 0.1) is 22.1 Å². The monoisotopic (exact) mass is 278 g/mol. The largest absolute Gasteiger partial charge is 0.394 e. The number of hydrogen-bond donors (Lipinski definition) is 2. The first-order valence-corrected chi connectivity index (χ1v) is 6.63. The number of nitrogen functional groups attached to an aromatic ring is 1. The van der Waals surface area contributed by atoms with Gasteiger partial charge in [0.25, 0.3) is 0 Å². The van der Waals surface area contributed by atoms with Crippen molar-refractivity contribution in [2.45, 2.75) is 26.7 Å². The van der Waals surface area contributed by atoms with Crippen LogP contribution in [0.25, 0.3) is 0 Å². The molecule has 0 aliphatic rings. The lowest BCUT2D eigenvalue weighted by molar-refractivity contribution is 0.718. The molecule has 19 heavy (non-hydrogen) atoms. The lowest BCUT2D eigenvalue weighted by Gasteiger charge is -2.10. The number of anilines is 3. The van der Waals surface area contributed by atoms with Gasteiger partial charge >= 0.3 is 0 Å². The molecule has 5 heteroatoms. The van der Waals surface area contributed by atoms with E-state index in [4.69, 9.17) is 17.3 Å². The molecule has 0 amide bonds. The second-order valence-electron chi connectivity index (χ2n) is 5.03. The zero-order chi connectivity index (χ0) is 14.2. The van der Waals surface area contributed by atoms with Crippen LogP contribution < -0.4 is 11.1 Å². The molecule has 1 aromatic heterocycles. The molecule has 0 aliphatic carbocycles. The summed E-state index contributed by atoms with van der Waals surface area (Å²) >= 11 is 6.19. The number of hydrogen-bond acceptors (Lipinski definition) is 3. The molecule has 0 bridgehead atoms. The summed E-state index contributed by atoms with van der Waals surface area (Å²) in [6.07, 6.45) is 0. The first-order valence-electron chi connectivity index (χ1n) is 6.25. The van der Waals surface area contributed by atoms with E-state index < -0.39 is 0 Å². The van der Waals surface area contributed by atoms with Crippen molar-refractivity contribution in [3.63, 3.8) is 0 Å². The van der Waals surface area contributed by atoms with Crippen LogP contribution in [0.4, 0.5) is 17.2 Å². The van der Waals surface area contributed by atoms with Gasteiger partial charge in [-0.1, -0.05) is 31.5 Å². The fraction of sp³-hybridized carbons (Fsp3) is 0.357. The first-order chi connectivity index (χ1) is 8.90. The number of nitrogens with one attached hydrogen (secondary N) is 1. The van der Waals surface area contributed by atoms with Crippen LogP contribution in [0.5, 0.6) is 0 Å². The highest BCUT2D eigenvalue weighted by Gasteiger charge is 2.16. The smallest absolute Gasteiger partial charge is 0.152 e. The average molecular weight is 279 g/mol. The van der Waals surface area contributed by atoms with E-state index in [1.165, 1.54) is 0 Å². The van der Waals surface area contributed by atoms with E-state index in [9.17, 15) is 0 Å². The maximum Gasteiger partial charge on any atom is 0.152 e. The Morgan fingerprint density at radius 1 is 1.37 bits per heavy atom. The summed E-state index contributed by atoms with van der Waals surface area (Å²) in [7, 11) is 1.87. The summed E-state index contributed by atoms with van der Waals surface area (Å²) in [5.41, 5.74) is 9.70. The van der Waals surface area contributed by atoms with E-state index in [1.54, 1.807) is 4.68 Å². The van der Waals surface area contributed by atoms with E-state index >= 15 is 0 Å². The normalized spacial score (nSPS) is 11.1. The molecule has 2 aromatic rings. The third-order valence-corrected chi connectivity index (χ3v) is 3.36. The number of halogens is 1. The molecule has 0 fully saturated rings. The maximum absolute atomic E-state index is 6.19. The molecule has 102 valence electrons. The molecule has 2 rings (SSSR count). The van der Waals surface area contributed by atoms with Crippen molar-refractivity contribution in [2.24, 2.45) is 7.05 Å². The molecule has 0 unspecified atom stereocenters. The minimum atomic E-state index is 0.287. The van der Waals surface area contributed by atoms with Crippen LogP contribution in [-0.4, -0.2) is 9.78 Å². The highest BCUT2D eigenvalue weighted by atomic mass is 35.5. The van der Waals surface area contributed by atoms with Crippen molar-refractivity contribution in [1.82, 2.24) is 9.78 Å². The van der Waals surface area contributed by atoms with Gasteiger partial charge in [0.2, 0.25) is 0 Å². The van der Waals surface area contributed by atoms with Crippen molar-refractivity contribution < 1.29 is 0 Å². The standard InChI is InChI=1S/C14H19ClN4/c1-8(2)13-12(16)14(19(4)18-13)17-11-7-9(3)5-6-10(11)15/h5-8,17H,16H2,1-4H3. The number of benzene rings is 1. The highest BCUT2D eigenvalue weighted by molar-refractivity contribution is 6.33.